The average Bonchev–Trinajstić information content (AvgIpc) is 3.11. The van der Waals surface area contributed by atoms with Gasteiger partial charge in [0.15, 0.2) is 0 Å². The Kier molecular flexibility index (Phi) is 6.18. The minimum Gasteiger partial charge on any atom is -0.375 e. The fourth-order valence-electron chi connectivity index (χ4n) is 3.31. The summed E-state index contributed by atoms with van der Waals surface area (Å²) in [5.41, 5.74) is -0.225. The van der Waals surface area contributed by atoms with Crippen molar-refractivity contribution in [3.63, 3.8) is 0 Å². The zero-order valence-corrected chi connectivity index (χ0v) is 15.5. The Labute approximate surface area is 167 Å². The predicted octanol–water partition coefficient (Wildman–Crippen LogP) is 2.81. The van der Waals surface area contributed by atoms with Crippen LogP contribution in [0, 0.1) is 17.6 Å². The lowest BCUT2D eigenvalue weighted by Crippen LogP contribution is -2.49. The number of carbonyl (C=O) groups is 2. The number of nitrogens with one attached hydrogen (secondary N) is 3. The molecule has 3 N–H and O–H groups in total. The van der Waals surface area contributed by atoms with Crippen LogP contribution in [0.3, 0.4) is 0 Å². The molecule has 3 rings (SSSR count). The van der Waals surface area contributed by atoms with Crippen molar-refractivity contribution >= 4 is 23.5 Å². The van der Waals surface area contributed by atoms with Gasteiger partial charge in [-0.1, -0.05) is 17.7 Å². The van der Waals surface area contributed by atoms with Gasteiger partial charge in [-0.05, 0) is 18.9 Å². The van der Waals surface area contributed by atoms with Gasteiger partial charge in [0.1, 0.15) is 22.7 Å². The van der Waals surface area contributed by atoms with Crippen molar-refractivity contribution in [1.29, 1.82) is 0 Å². The van der Waals surface area contributed by atoms with Crippen molar-refractivity contribution in [1.82, 2.24) is 16.0 Å². The van der Waals surface area contributed by atoms with Crippen LogP contribution in [0.25, 0.3) is 0 Å². The molecule has 2 aliphatic rings. The van der Waals surface area contributed by atoms with Gasteiger partial charge in [0.25, 0.3) is 0 Å². The average molecular weight is 442 g/mol. The molecular formula is C17H17ClF5N3O3. The van der Waals surface area contributed by atoms with Gasteiger partial charge in [-0.3, -0.25) is 4.79 Å². The summed E-state index contributed by atoms with van der Waals surface area (Å²) in [6.07, 6.45) is -5.84. The van der Waals surface area contributed by atoms with Crippen LogP contribution in [-0.2, 0) is 9.53 Å². The lowest BCUT2D eigenvalue weighted by atomic mass is 9.90. The van der Waals surface area contributed by atoms with Crippen LogP contribution in [0.5, 0.6) is 0 Å². The van der Waals surface area contributed by atoms with E-state index in [1.165, 1.54) is 0 Å². The summed E-state index contributed by atoms with van der Waals surface area (Å²) < 4.78 is 72.1. The molecule has 2 fully saturated rings. The Hall–Kier alpha value is -2.14. The van der Waals surface area contributed by atoms with Crippen LogP contribution in [-0.4, -0.2) is 43.4 Å². The van der Waals surface area contributed by atoms with Crippen molar-refractivity contribution in [2.45, 2.75) is 37.2 Å². The number of hydrogen-bond acceptors (Lipinski definition) is 3. The SMILES string of the molecule is O=C1NCC(C(=O)N[C@H](c2ccc(F)c(Cl)c2F)C2CCC(C(F)(F)F)CO2)N1. The Balaban J connectivity index is 1.83. The summed E-state index contributed by atoms with van der Waals surface area (Å²) in [5.74, 6) is -4.54. The lowest BCUT2D eigenvalue weighted by molar-refractivity contribution is -0.210. The molecule has 0 saturated carbocycles. The summed E-state index contributed by atoms with van der Waals surface area (Å²) in [4.78, 5) is 23.7. The van der Waals surface area contributed by atoms with E-state index in [0.717, 1.165) is 12.1 Å². The third kappa shape index (κ3) is 4.72. The Morgan fingerprint density at radius 2 is 2.00 bits per heavy atom. The third-order valence-corrected chi connectivity index (χ3v) is 5.28. The molecule has 6 nitrogen and oxygen atoms in total. The topological polar surface area (TPSA) is 79.5 Å². The first-order valence-electron chi connectivity index (χ1n) is 8.74. The molecule has 160 valence electrons. The second-order valence-electron chi connectivity index (χ2n) is 6.85. The summed E-state index contributed by atoms with van der Waals surface area (Å²) in [6, 6.07) is -0.825. The fourth-order valence-corrected chi connectivity index (χ4v) is 3.48. The second kappa shape index (κ2) is 8.31. The van der Waals surface area contributed by atoms with Crippen molar-refractivity contribution in [3.05, 3.63) is 34.4 Å². The van der Waals surface area contributed by atoms with Crippen molar-refractivity contribution < 1.29 is 36.3 Å². The number of ether oxygens (including phenoxy) is 1. The van der Waals surface area contributed by atoms with Crippen molar-refractivity contribution in [2.24, 2.45) is 5.92 Å². The van der Waals surface area contributed by atoms with E-state index in [9.17, 15) is 31.5 Å². The quantitative estimate of drug-likeness (QED) is 0.496. The van der Waals surface area contributed by atoms with Gasteiger partial charge in [-0.2, -0.15) is 13.2 Å². The molecule has 0 spiro atoms. The number of rotatable bonds is 4. The Morgan fingerprint density at radius 3 is 2.55 bits per heavy atom. The van der Waals surface area contributed by atoms with E-state index in [0.29, 0.717) is 0 Å². The summed E-state index contributed by atoms with van der Waals surface area (Å²) in [5, 5.41) is 6.41. The van der Waals surface area contributed by atoms with Crippen molar-refractivity contribution in [2.75, 3.05) is 13.2 Å². The van der Waals surface area contributed by atoms with Crippen LogP contribution < -0.4 is 16.0 Å². The largest absolute Gasteiger partial charge is 0.394 e. The second-order valence-corrected chi connectivity index (χ2v) is 7.22. The first kappa shape index (κ1) is 21.6. The monoisotopic (exact) mass is 441 g/mol. The van der Waals surface area contributed by atoms with E-state index in [4.69, 9.17) is 16.3 Å². The maximum Gasteiger partial charge on any atom is 0.394 e. The highest BCUT2D eigenvalue weighted by Crippen LogP contribution is 2.38. The normalized spacial score (nSPS) is 25.9. The van der Waals surface area contributed by atoms with Crippen molar-refractivity contribution in [3.8, 4) is 0 Å². The smallest absolute Gasteiger partial charge is 0.375 e. The summed E-state index contributed by atoms with van der Waals surface area (Å²) in [7, 11) is 0. The van der Waals surface area contributed by atoms with Crippen LogP contribution >= 0.6 is 11.6 Å². The van der Waals surface area contributed by atoms with Crippen LogP contribution in [0.15, 0.2) is 12.1 Å². The number of benzene rings is 1. The summed E-state index contributed by atoms with van der Waals surface area (Å²) >= 11 is 5.61. The molecule has 3 amide bonds. The lowest BCUT2D eigenvalue weighted by Gasteiger charge is -2.35. The Bertz CT molecular complexity index is 799. The molecule has 29 heavy (non-hydrogen) atoms. The highest BCUT2D eigenvalue weighted by atomic mass is 35.5. The van der Waals surface area contributed by atoms with E-state index in [1.54, 1.807) is 0 Å². The maximum atomic E-state index is 14.6. The highest BCUT2D eigenvalue weighted by molar-refractivity contribution is 6.31. The van der Waals surface area contributed by atoms with Gasteiger partial charge < -0.3 is 20.7 Å². The number of alkyl halides is 3. The molecule has 4 atom stereocenters. The predicted molar refractivity (Wildman–Crippen MR) is 91.1 cm³/mol. The molecule has 2 saturated heterocycles. The van der Waals surface area contributed by atoms with Gasteiger partial charge in [-0.15, -0.1) is 0 Å². The Morgan fingerprint density at radius 1 is 1.28 bits per heavy atom. The molecule has 2 heterocycles. The van der Waals surface area contributed by atoms with E-state index >= 15 is 0 Å². The highest BCUT2D eigenvalue weighted by Gasteiger charge is 2.44. The summed E-state index contributed by atoms with van der Waals surface area (Å²) in [6.45, 7) is -0.676. The molecule has 1 aromatic carbocycles. The van der Waals surface area contributed by atoms with E-state index in [-0.39, 0.29) is 24.9 Å². The molecule has 3 unspecified atom stereocenters. The van der Waals surface area contributed by atoms with Gasteiger partial charge >= 0.3 is 12.2 Å². The molecule has 0 radical (unpaired) electrons. The molecule has 0 aliphatic carbocycles. The number of hydrogen-bond donors (Lipinski definition) is 3. The van der Waals surface area contributed by atoms with Gasteiger partial charge in [0.05, 0.1) is 24.7 Å². The van der Waals surface area contributed by atoms with E-state index in [1.807, 2.05) is 0 Å². The maximum absolute atomic E-state index is 14.6. The van der Waals surface area contributed by atoms with Crippen LogP contribution in [0.1, 0.15) is 24.4 Å². The van der Waals surface area contributed by atoms with Gasteiger partial charge in [0, 0.05) is 12.1 Å². The molecule has 12 heteroatoms. The van der Waals surface area contributed by atoms with Crippen LogP contribution in [0.2, 0.25) is 5.02 Å². The minimum atomic E-state index is -4.44. The van der Waals surface area contributed by atoms with E-state index < -0.39 is 65.5 Å². The first-order valence-corrected chi connectivity index (χ1v) is 9.12. The van der Waals surface area contributed by atoms with Crippen LogP contribution in [0.4, 0.5) is 26.7 Å². The molecule has 2 aliphatic heterocycles. The zero-order valence-electron chi connectivity index (χ0n) is 14.8. The van der Waals surface area contributed by atoms with Gasteiger partial charge in [-0.25, -0.2) is 13.6 Å². The fraction of sp³-hybridized carbons (Fsp3) is 0.529. The number of halogens is 6. The van der Waals surface area contributed by atoms with E-state index in [2.05, 4.69) is 16.0 Å². The molecular weight excluding hydrogens is 425 g/mol. The third-order valence-electron chi connectivity index (χ3n) is 4.93. The number of carbonyl (C=O) groups excluding carboxylic acids is 2. The first-order chi connectivity index (χ1) is 13.6. The standard InChI is InChI=1S/C17H17ClF5N3O3/c18-12-9(19)3-2-8(13(12)20)14(26-15(27)10-5-24-16(28)25-10)11-4-1-7(6-29-11)17(21,22)23/h2-3,7,10-11,14H,1,4-6H2,(H,26,27)(H2,24,25,28)/t7?,10?,11?,14-/m1/s1. The molecule has 0 aromatic heterocycles. The molecule has 1 aromatic rings. The zero-order chi connectivity index (χ0) is 21.3. The number of urea groups is 1. The number of amides is 3. The molecule has 0 bridgehead atoms. The van der Waals surface area contributed by atoms with Gasteiger partial charge in [0.2, 0.25) is 5.91 Å². The minimum absolute atomic E-state index is 0.0221.